The monoisotopic (exact) mass is 554 g/mol. The van der Waals surface area contributed by atoms with Gasteiger partial charge in [0.05, 0.1) is 13.2 Å². The zero-order valence-electron chi connectivity index (χ0n) is 22.4. The molecule has 0 saturated carbocycles. The van der Waals surface area contributed by atoms with Crippen LogP contribution in [0.5, 0.6) is 0 Å². The van der Waals surface area contributed by atoms with Crippen molar-refractivity contribution in [3.63, 3.8) is 0 Å². The van der Waals surface area contributed by atoms with E-state index in [1.807, 2.05) is 41.3 Å². The minimum absolute atomic E-state index is 0.0138. The van der Waals surface area contributed by atoms with Gasteiger partial charge >= 0.3 is 0 Å². The van der Waals surface area contributed by atoms with Crippen molar-refractivity contribution in [2.75, 3.05) is 26.2 Å². The third-order valence-electron chi connectivity index (χ3n) is 7.73. The van der Waals surface area contributed by atoms with Gasteiger partial charge in [0.15, 0.2) is 5.76 Å². The van der Waals surface area contributed by atoms with Crippen LogP contribution >= 0.6 is 11.3 Å². The van der Waals surface area contributed by atoms with Crippen molar-refractivity contribution < 1.29 is 19.4 Å². The lowest BCUT2D eigenvalue weighted by atomic mass is 9.92. The molecule has 4 aromatic rings. The van der Waals surface area contributed by atoms with E-state index in [-0.39, 0.29) is 18.4 Å². The van der Waals surface area contributed by atoms with E-state index in [9.17, 15) is 9.90 Å². The zero-order valence-corrected chi connectivity index (χ0v) is 23.3. The number of amides is 1. The van der Waals surface area contributed by atoms with Gasteiger partial charge in [-0.25, -0.2) is 0 Å². The summed E-state index contributed by atoms with van der Waals surface area (Å²) in [6.45, 7) is 4.27. The van der Waals surface area contributed by atoms with Crippen LogP contribution in [0.2, 0.25) is 0 Å². The quantitative estimate of drug-likeness (QED) is 0.304. The average Bonchev–Trinajstić information content (AvgIpc) is 3.45. The Labute approximate surface area is 239 Å². The Morgan fingerprint density at radius 2 is 1.62 bits per heavy atom. The summed E-state index contributed by atoms with van der Waals surface area (Å²) < 4.78 is 13.7. The normalized spacial score (nSPS) is 19.8. The smallest absolute Gasteiger partial charge is 0.288 e. The van der Waals surface area contributed by atoms with Crippen LogP contribution in [0.1, 0.15) is 34.6 Å². The van der Waals surface area contributed by atoms with E-state index in [4.69, 9.17) is 9.47 Å². The third-order valence-corrected chi connectivity index (χ3v) is 8.71. The lowest BCUT2D eigenvalue weighted by Crippen LogP contribution is -2.49. The molecule has 1 aromatic heterocycles. The van der Waals surface area contributed by atoms with Crippen LogP contribution in [-0.2, 0) is 34.0 Å². The molecular formula is C33H34N2O4S. The van der Waals surface area contributed by atoms with Crippen LogP contribution in [0.25, 0.3) is 10.1 Å². The van der Waals surface area contributed by atoms with Crippen molar-refractivity contribution in [2.24, 2.45) is 0 Å². The number of allylic oxidation sites excluding steroid dienone is 1. The van der Waals surface area contributed by atoms with Crippen LogP contribution in [0.15, 0.2) is 96.1 Å². The molecule has 1 saturated heterocycles. The van der Waals surface area contributed by atoms with Crippen LogP contribution in [0.3, 0.4) is 0 Å². The van der Waals surface area contributed by atoms with E-state index >= 15 is 0 Å². The summed E-state index contributed by atoms with van der Waals surface area (Å²) in [5.74, 6) is 0.332. The maximum Gasteiger partial charge on any atom is 0.288 e. The Bertz CT molecular complexity index is 1460. The van der Waals surface area contributed by atoms with Gasteiger partial charge in [-0.05, 0) is 45.2 Å². The van der Waals surface area contributed by atoms with Crippen LogP contribution < -0.4 is 0 Å². The second-order valence-electron chi connectivity index (χ2n) is 10.4. The summed E-state index contributed by atoms with van der Waals surface area (Å²) in [4.78, 5) is 18.0. The lowest BCUT2D eigenvalue weighted by Gasteiger charge is -2.36. The summed E-state index contributed by atoms with van der Waals surface area (Å²) in [6, 6.07) is 26.6. The van der Waals surface area contributed by atoms with E-state index in [2.05, 4.69) is 58.8 Å². The van der Waals surface area contributed by atoms with Crippen molar-refractivity contribution in [1.29, 1.82) is 0 Å². The highest BCUT2D eigenvalue weighted by molar-refractivity contribution is 7.17. The van der Waals surface area contributed by atoms with Crippen LogP contribution in [-0.4, -0.2) is 53.3 Å². The van der Waals surface area contributed by atoms with Crippen molar-refractivity contribution in [1.82, 2.24) is 9.80 Å². The first-order valence-electron chi connectivity index (χ1n) is 13.9. The molecule has 1 N–H and O–H groups in total. The molecule has 40 heavy (non-hydrogen) atoms. The van der Waals surface area contributed by atoms with Gasteiger partial charge in [-0.1, -0.05) is 72.8 Å². The van der Waals surface area contributed by atoms with Crippen LogP contribution in [0.4, 0.5) is 0 Å². The molecule has 0 unspecified atom stereocenters. The number of carbonyl (C=O) groups is 1. The number of piperazine rings is 1. The molecule has 2 aliphatic rings. The fourth-order valence-corrected chi connectivity index (χ4v) is 6.48. The maximum atomic E-state index is 13.7. The number of thiophene rings is 1. The largest absolute Gasteiger partial charge is 0.459 e. The fourth-order valence-electron chi connectivity index (χ4n) is 5.45. The summed E-state index contributed by atoms with van der Waals surface area (Å²) >= 11 is 1.73. The minimum Gasteiger partial charge on any atom is -0.459 e. The molecule has 0 spiro atoms. The lowest BCUT2D eigenvalue weighted by molar-refractivity contribution is -0.157. The van der Waals surface area contributed by atoms with Gasteiger partial charge in [-0.2, -0.15) is 0 Å². The van der Waals surface area contributed by atoms with Gasteiger partial charge in [0, 0.05) is 49.8 Å². The highest BCUT2D eigenvalue weighted by atomic mass is 32.1. The van der Waals surface area contributed by atoms with Gasteiger partial charge in [0.1, 0.15) is 0 Å². The molecule has 206 valence electrons. The summed E-state index contributed by atoms with van der Waals surface area (Å²) in [5, 5.41) is 12.8. The number of carbonyl (C=O) groups excluding carboxylic acids is 1. The van der Waals surface area contributed by atoms with E-state index in [1.54, 1.807) is 11.3 Å². The van der Waals surface area contributed by atoms with Gasteiger partial charge < -0.3 is 19.5 Å². The Hall–Kier alpha value is -3.49. The topological polar surface area (TPSA) is 62.2 Å². The molecule has 2 aliphatic heterocycles. The van der Waals surface area contributed by atoms with Gasteiger partial charge in [-0.3, -0.25) is 9.69 Å². The number of fused-ring (bicyclic) bond motifs is 1. The molecule has 7 heteroatoms. The van der Waals surface area contributed by atoms with Crippen molar-refractivity contribution in [2.45, 2.75) is 38.4 Å². The number of aliphatic hydroxyl groups excluding tert-OH is 1. The number of benzene rings is 3. The first kappa shape index (κ1) is 26.7. The maximum absolute atomic E-state index is 13.7. The molecule has 3 heterocycles. The SMILES string of the molecule is O=C(C1=C[C@@H](c2csc3ccccc23)C[C@@H](OCc2ccc(CO)cc2)O1)N1CCN(Cc2ccccc2)CC1. The van der Waals surface area contributed by atoms with Crippen LogP contribution in [0, 0.1) is 0 Å². The van der Waals surface area contributed by atoms with Crippen molar-refractivity contribution in [3.8, 4) is 0 Å². The Morgan fingerprint density at radius 1 is 0.900 bits per heavy atom. The molecule has 1 fully saturated rings. The first-order valence-corrected chi connectivity index (χ1v) is 14.7. The molecule has 0 bridgehead atoms. The highest BCUT2D eigenvalue weighted by Crippen LogP contribution is 2.38. The molecular weight excluding hydrogens is 520 g/mol. The molecule has 0 radical (unpaired) electrons. The number of hydrogen-bond donors (Lipinski definition) is 1. The standard InChI is InChI=1S/C33H34N2O4S/c36-21-25-10-12-26(13-11-25)22-38-32-19-27(29-23-40-31-9-5-4-8-28(29)31)18-30(39-32)33(37)35-16-14-34(15-17-35)20-24-6-2-1-3-7-24/h1-13,18,23,27,32,36H,14-17,19-22H2/t27-,32+/m1/s1. The van der Waals surface area contributed by atoms with E-state index in [1.165, 1.54) is 21.2 Å². The minimum atomic E-state index is -0.537. The molecule has 2 atom stereocenters. The predicted molar refractivity (Wildman–Crippen MR) is 158 cm³/mol. The van der Waals surface area contributed by atoms with E-state index in [0.29, 0.717) is 31.9 Å². The van der Waals surface area contributed by atoms with Gasteiger partial charge in [0.25, 0.3) is 5.91 Å². The Morgan fingerprint density at radius 3 is 2.40 bits per heavy atom. The molecule has 6 rings (SSSR count). The Kier molecular flexibility index (Phi) is 8.25. The van der Waals surface area contributed by atoms with Crippen molar-refractivity contribution in [3.05, 3.63) is 118 Å². The molecule has 3 aromatic carbocycles. The summed E-state index contributed by atoms with van der Waals surface area (Å²) in [6.07, 6.45) is 2.10. The number of hydrogen-bond acceptors (Lipinski definition) is 6. The van der Waals surface area contributed by atoms with Gasteiger partial charge in [0.2, 0.25) is 6.29 Å². The van der Waals surface area contributed by atoms with Crippen molar-refractivity contribution >= 4 is 27.3 Å². The van der Waals surface area contributed by atoms with E-state index < -0.39 is 6.29 Å². The summed E-state index contributed by atoms with van der Waals surface area (Å²) in [7, 11) is 0. The molecule has 6 nitrogen and oxygen atoms in total. The zero-order chi connectivity index (χ0) is 27.3. The van der Waals surface area contributed by atoms with E-state index in [0.717, 1.165) is 30.8 Å². The number of ether oxygens (including phenoxy) is 2. The second-order valence-corrected chi connectivity index (χ2v) is 11.4. The number of aliphatic hydroxyl groups is 1. The summed E-state index contributed by atoms with van der Waals surface area (Å²) in [5.41, 5.74) is 4.36. The second kappa shape index (κ2) is 12.4. The van der Waals surface area contributed by atoms with Gasteiger partial charge in [-0.15, -0.1) is 11.3 Å². The third kappa shape index (κ3) is 6.13. The highest BCUT2D eigenvalue weighted by Gasteiger charge is 2.33. The molecule has 0 aliphatic carbocycles. The molecule has 1 amide bonds. The number of rotatable bonds is 8. The predicted octanol–water partition coefficient (Wildman–Crippen LogP) is 5.67. The average molecular weight is 555 g/mol. The fraction of sp³-hybridized carbons (Fsp3) is 0.303. The number of nitrogens with zero attached hydrogens (tertiary/aromatic N) is 2. The Balaban J connectivity index is 1.17. The first-order chi connectivity index (χ1) is 19.7.